The summed E-state index contributed by atoms with van der Waals surface area (Å²) in [5, 5.41) is 17.0. The molecule has 1 aromatic heterocycles. The third kappa shape index (κ3) is 3.43. The molecular weight excluding hydrogens is 408 g/mol. The highest BCUT2D eigenvalue weighted by atomic mass is 16.5. The Hall–Kier alpha value is -3.31. The molecule has 5 rings (SSSR count). The van der Waals surface area contributed by atoms with Gasteiger partial charge in [-0.2, -0.15) is 5.10 Å². The Morgan fingerprint density at radius 1 is 1.28 bits per heavy atom. The third-order valence-electron chi connectivity index (χ3n) is 6.54. The highest BCUT2D eigenvalue weighted by molar-refractivity contribution is 6.02. The quantitative estimate of drug-likeness (QED) is 0.717. The molecule has 166 valence electrons. The number of aliphatic hydroxyl groups is 1. The lowest BCUT2D eigenvalue weighted by Gasteiger charge is -2.31. The van der Waals surface area contributed by atoms with Gasteiger partial charge in [0.05, 0.1) is 18.9 Å². The number of aromatic amines is 1. The van der Waals surface area contributed by atoms with Gasteiger partial charge in [-0.1, -0.05) is 19.9 Å². The molecule has 0 saturated carbocycles. The minimum atomic E-state index is -1.03. The summed E-state index contributed by atoms with van der Waals surface area (Å²) in [5.41, 5.74) is 5.90. The van der Waals surface area contributed by atoms with Crippen molar-refractivity contribution in [2.75, 3.05) is 26.3 Å². The number of nitrogens with zero attached hydrogens (tertiary/aromatic N) is 3. The minimum Gasteiger partial charge on any atom is -0.462 e. The van der Waals surface area contributed by atoms with Gasteiger partial charge < -0.3 is 19.6 Å². The first-order valence-electron chi connectivity index (χ1n) is 10.9. The van der Waals surface area contributed by atoms with Gasteiger partial charge in [-0.25, -0.2) is 0 Å². The van der Waals surface area contributed by atoms with Crippen LogP contribution in [0.4, 0.5) is 0 Å². The predicted octanol–water partition coefficient (Wildman–Crippen LogP) is 1.72. The number of hydrogen-bond acceptors (Lipinski definition) is 5. The summed E-state index contributed by atoms with van der Waals surface area (Å²) < 4.78 is 5.31. The van der Waals surface area contributed by atoms with Crippen molar-refractivity contribution in [1.29, 1.82) is 0 Å². The Morgan fingerprint density at radius 2 is 2.06 bits per heavy atom. The highest BCUT2D eigenvalue weighted by Crippen LogP contribution is 2.40. The second-order valence-electron chi connectivity index (χ2n) is 9.45. The van der Waals surface area contributed by atoms with E-state index < -0.39 is 6.04 Å². The van der Waals surface area contributed by atoms with Gasteiger partial charge >= 0.3 is 0 Å². The molecule has 2 amide bonds. The highest BCUT2D eigenvalue weighted by Gasteiger charge is 2.39. The van der Waals surface area contributed by atoms with Crippen LogP contribution >= 0.6 is 0 Å². The van der Waals surface area contributed by atoms with Crippen molar-refractivity contribution < 1.29 is 19.4 Å². The van der Waals surface area contributed by atoms with E-state index in [-0.39, 0.29) is 23.8 Å². The number of ether oxygens (including phenoxy) is 1. The number of H-pyrrole nitrogens is 1. The molecule has 1 unspecified atom stereocenters. The first-order valence-corrected chi connectivity index (χ1v) is 10.9. The van der Waals surface area contributed by atoms with Gasteiger partial charge in [0.1, 0.15) is 6.11 Å². The molecule has 1 fully saturated rings. The van der Waals surface area contributed by atoms with Crippen LogP contribution in [0, 0.1) is 17.4 Å². The smallest absolute Gasteiger partial charge is 0.258 e. The van der Waals surface area contributed by atoms with E-state index in [0.717, 1.165) is 29.7 Å². The monoisotopic (exact) mass is 434 g/mol. The second-order valence-corrected chi connectivity index (χ2v) is 9.45. The SMILES string of the molecule is CC1(C)Cc2[nH]nc(-c3ccc4c(c3)CN(C(C#CO)C(=O)N3CCOCC3)C4=O)c2C1. The molecule has 8 heteroatoms. The Balaban J connectivity index is 1.42. The fourth-order valence-corrected chi connectivity index (χ4v) is 4.99. The molecule has 2 aromatic rings. The van der Waals surface area contributed by atoms with Crippen molar-refractivity contribution in [3.8, 4) is 23.3 Å². The molecule has 2 N–H and O–H groups in total. The number of carbonyl (C=O) groups is 2. The minimum absolute atomic E-state index is 0.207. The van der Waals surface area contributed by atoms with E-state index in [2.05, 4.69) is 30.0 Å². The maximum absolute atomic E-state index is 13.1. The van der Waals surface area contributed by atoms with Crippen LogP contribution in [-0.2, 0) is 28.9 Å². The average Bonchev–Trinajstić information content (AvgIpc) is 3.41. The van der Waals surface area contributed by atoms with Crippen LogP contribution < -0.4 is 0 Å². The summed E-state index contributed by atoms with van der Waals surface area (Å²) in [5.74, 6) is 1.99. The van der Waals surface area contributed by atoms with Crippen LogP contribution in [0.5, 0.6) is 0 Å². The van der Waals surface area contributed by atoms with Gasteiger partial charge in [0, 0.05) is 42.0 Å². The van der Waals surface area contributed by atoms with Crippen LogP contribution in [0.2, 0.25) is 0 Å². The fraction of sp³-hybridized carbons (Fsp3) is 0.458. The first-order chi connectivity index (χ1) is 15.4. The van der Waals surface area contributed by atoms with Gasteiger partial charge in [0.15, 0.2) is 6.04 Å². The number of nitrogens with one attached hydrogen (secondary N) is 1. The van der Waals surface area contributed by atoms with Crippen LogP contribution in [-0.4, -0.2) is 69.3 Å². The zero-order chi connectivity index (χ0) is 22.5. The summed E-state index contributed by atoms with van der Waals surface area (Å²) >= 11 is 0. The number of carbonyl (C=O) groups excluding carboxylic acids is 2. The molecule has 0 spiro atoms. The lowest BCUT2D eigenvalue weighted by atomic mass is 9.90. The fourth-order valence-electron chi connectivity index (χ4n) is 4.99. The number of morpholine rings is 1. The van der Waals surface area contributed by atoms with Crippen LogP contribution in [0.15, 0.2) is 18.2 Å². The van der Waals surface area contributed by atoms with E-state index in [9.17, 15) is 14.7 Å². The van der Waals surface area contributed by atoms with Crippen LogP contribution in [0.25, 0.3) is 11.3 Å². The number of rotatable bonds is 3. The van der Waals surface area contributed by atoms with Crippen LogP contribution in [0.1, 0.15) is 41.0 Å². The van der Waals surface area contributed by atoms with E-state index in [4.69, 9.17) is 4.74 Å². The lowest BCUT2D eigenvalue weighted by Crippen LogP contribution is -2.51. The molecule has 3 aliphatic rings. The average molecular weight is 434 g/mol. The van der Waals surface area contributed by atoms with E-state index >= 15 is 0 Å². The number of fused-ring (bicyclic) bond motifs is 2. The topological polar surface area (TPSA) is 98.8 Å². The van der Waals surface area contributed by atoms with Gasteiger partial charge in [-0.15, -0.1) is 0 Å². The molecule has 1 saturated heterocycles. The number of benzene rings is 1. The molecule has 1 aliphatic carbocycles. The molecule has 32 heavy (non-hydrogen) atoms. The van der Waals surface area contributed by atoms with E-state index in [1.807, 2.05) is 18.2 Å². The summed E-state index contributed by atoms with van der Waals surface area (Å²) in [4.78, 5) is 29.3. The second kappa shape index (κ2) is 7.68. The summed E-state index contributed by atoms with van der Waals surface area (Å²) in [6.45, 7) is 6.55. The zero-order valence-electron chi connectivity index (χ0n) is 18.3. The van der Waals surface area contributed by atoms with Gasteiger partial charge in [0.2, 0.25) is 0 Å². The molecule has 0 bridgehead atoms. The normalized spacial score (nSPS) is 19.9. The standard InChI is InChI=1S/C24H26N4O4/c1-24(2)12-18-19(13-24)25-26-21(18)15-3-4-17-16(11-15)14-28(22(17)30)20(5-8-29)23(31)27-6-9-32-10-7-27/h3-4,11,20,29H,6-7,9-10,12-14H2,1-2H3,(H,25,26). The molecule has 1 aromatic carbocycles. The van der Waals surface area contributed by atoms with Crippen molar-refractivity contribution in [3.05, 3.63) is 40.6 Å². The van der Waals surface area contributed by atoms with E-state index in [1.165, 1.54) is 16.2 Å². The number of aromatic nitrogens is 2. The molecule has 8 nitrogen and oxygen atoms in total. The van der Waals surface area contributed by atoms with Gasteiger partial charge in [0.25, 0.3) is 11.8 Å². The van der Waals surface area contributed by atoms with Crippen molar-refractivity contribution in [2.45, 2.75) is 39.3 Å². The molecule has 1 atom stereocenters. The summed E-state index contributed by atoms with van der Waals surface area (Å²) in [7, 11) is 0. The molecular formula is C24H26N4O4. The maximum Gasteiger partial charge on any atom is 0.258 e. The van der Waals surface area contributed by atoms with Gasteiger partial charge in [-0.3, -0.25) is 14.7 Å². The van der Waals surface area contributed by atoms with E-state index in [1.54, 1.807) is 11.0 Å². The van der Waals surface area contributed by atoms with Crippen molar-refractivity contribution >= 4 is 11.8 Å². The largest absolute Gasteiger partial charge is 0.462 e. The maximum atomic E-state index is 13.1. The van der Waals surface area contributed by atoms with Crippen molar-refractivity contribution in [1.82, 2.24) is 20.0 Å². The lowest BCUT2D eigenvalue weighted by molar-refractivity contribution is -0.138. The summed E-state index contributed by atoms with van der Waals surface area (Å²) in [6, 6.07) is 4.67. The van der Waals surface area contributed by atoms with Crippen molar-refractivity contribution in [3.63, 3.8) is 0 Å². The zero-order valence-corrected chi connectivity index (χ0v) is 18.3. The van der Waals surface area contributed by atoms with Crippen LogP contribution in [0.3, 0.4) is 0 Å². The van der Waals surface area contributed by atoms with E-state index in [0.29, 0.717) is 31.9 Å². The Bertz CT molecular complexity index is 1150. The summed E-state index contributed by atoms with van der Waals surface area (Å²) in [6.07, 6.45) is 3.77. The number of hydrogen-bond donors (Lipinski definition) is 2. The number of aliphatic hydroxyl groups excluding tert-OH is 1. The van der Waals surface area contributed by atoms with Gasteiger partial charge in [-0.05, 0) is 41.9 Å². The Kier molecular flexibility index (Phi) is 4.94. The first kappa shape index (κ1) is 20.6. The van der Waals surface area contributed by atoms with Crippen molar-refractivity contribution in [2.24, 2.45) is 5.41 Å². The number of amides is 2. The molecule has 0 radical (unpaired) electrons. The Morgan fingerprint density at radius 3 is 2.81 bits per heavy atom. The molecule has 2 aliphatic heterocycles. The third-order valence-corrected chi connectivity index (χ3v) is 6.54. The predicted molar refractivity (Wildman–Crippen MR) is 116 cm³/mol. The molecule has 3 heterocycles. The Labute approximate surface area is 186 Å².